The van der Waals surface area contributed by atoms with Crippen molar-refractivity contribution < 1.29 is 4.79 Å². The average Bonchev–Trinajstić information content (AvgIpc) is 3.13. The zero-order chi connectivity index (χ0) is 12.3. The van der Waals surface area contributed by atoms with Crippen LogP contribution in [0.3, 0.4) is 0 Å². The van der Waals surface area contributed by atoms with Crippen molar-refractivity contribution >= 4 is 18.3 Å². The minimum absolute atomic E-state index is 0. The van der Waals surface area contributed by atoms with Crippen LogP contribution in [0.4, 0.5) is 0 Å². The van der Waals surface area contributed by atoms with E-state index in [0.717, 1.165) is 18.8 Å². The van der Waals surface area contributed by atoms with Crippen molar-refractivity contribution in [3.05, 3.63) is 0 Å². The van der Waals surface area contributed by atoms with E-state index in [2.05, 4.69) is 12.2 Å². The van der Waals surface area contributed by atoms with Crippen LogP contribution in [0.1, 0.15) is 58.3 Å². The summed E-state index contributed by atoms with van der Waals surface area (Å²) in [5.41, 5.74) is 6.01. The molecular weight excluding hydrogens is 248 g/mol. The summed E-state index contributed by atoms with van der Waals surface area (Å²) >= 11 is 0. The molecule has 1 unspecified atom stereocenters. The second-order valence-corrected chi connectivity index (χ2v) is 6.14. The maximum Gasteiger partial charge on any atom is 0.220 e. The third-order valence-corrected chi connectivity index (χ3v) is 4.60. The summed E-state index contributed by atoms with van der Waals surface area (Å²) < 4.78 is 0. The van der Waals surface area contributed by atoms with Gasteiger partial charge in [-0.3, -0.25) is 4.79 Å². The van der Waals surface area contributed by atoms with Gasteiger partial charge >= 0.3 is 0 Å². The van der Waals surface area contributed by atoms with Gasteiger partial charge in [0.25, 0.3) is 0 Å². The van der Waals surface area contributed by atoms with Crippen LogP contribution < -0.4 is 11.1 Å². The van der Waals surface area contributed by atoms with E-state index in [1.807, 2.05) is 0 Å². The van der Waals surface area contributed by atoms with Crippen LogP contribution in [0.2, 0.25) is 0 Å². The van der Waals surface area contributed by atoms with Crippen molar-refractivity contribution in [3.63, 3.8) is 0 Å². The molecular formula is C14H27ClN2O. The van der Waals surface area contributed by atoms with Gasteiger partial charge in [0.15, 0.2) is 0 Å². The number of hydrogen-bond donors (Lipinski definition) is 2. The van der Waals surface area contributed by atoms with Crippen LogP contribution >= 0.6 is 12.4 Å². The van der Waals surface area contributed by atoms with E-state index in [-0.39, 0.29) is 23.7 Å². The highest BCUT2D eigenvalue weighted by Gasteiger charge is 2.34. The van der Waals surface area contributed by atoms with Crippen LogP contribution in [0.5, 0.6) is 0 Å². The molecule has 18 heavy (non-hydrogen) atoms. The van der Waals surface area contributed by atoms with E-state index in [0.29, 0.717) is 19.0 Å². The first-order valence-corrected chi connectivity index (χ1v) is 7.15. The molecule has 0 aromatic carbocycles. The van der Waals surface area contributed by atoms with E-state index in [9.17, 15) is 4.79 Å². The number of carbonyl (C=O) groups excluding carboxylic acids is 1. The molecule has 2 aliphatic rings. The first-order chi connectivity index (χ1) is 8.15. The summed E-state index contributed by atoms with van der Waals surface area (Å²) in [6, 6.07) is 0.362. The lowest BCUT2D eigenvalue weighted by Crippen LogP contribution is -2.41. The molecule has 0 radical (unpaired) electrons. The molecule has 2 aliphatic carbocycles. The van der Waals surface area contributed by atoms with Crippen LogP contribution in [-0.2, 0) is 4.79 Å². The van der Waals surface area contributed by atoms with E-state index in [1.54, 1.807) is 0 Å². The predicted octanol–water partition coefficient (Wildman–Crippen LogP) is 2.62. The molecule has 0 aromatic rings. The van der Waals surface area contributed by atoms with Crippen molar-refractivity contribution in [1.29, 1.82) is 0 Å². The summed E-state index contributed by atoms with van der Waals surface area (Å²) in [5, 5.41) is 3.15. The van der Waals surface area contributed by atoms with Crippen LogP contribution in [0, 0.1) is 11.3 Å². The largest absolute Gasteiger partial charge is 0.353 e. The van der Waals surface area contributed by atoms with Gasteiger partial charge in [0.2, 0.25) is 5.91 Å². The molecule has 2 rings (SSSR count). The number of nitrogens with one attached hydrogen (secondary N) is 1. The van der Waals surface area contributed by atoms with Crippen molar-refractivity contribution in [1.82, 2.24) is 5.32 Å². The van der Waals surface area contributed by atoms with Crippen molar-refractivity contribution in [2.24, 2.45) is 17.1 Å². The molecule has 3 nitrogen and oxygen atoms in total. The zero-order valence-corrected chi connectivity index (χ0v) is 12.2. The summed E-state index contributed by atoms with van der Waals surface area (Å²) in [6.07, 6.45) is 9.25. The lowest BCUT2D eigenvalue weighted by molar-refractivity contribution is -0.124. The monoisotopic (exact) mass is 274 g/mol. The minimum atomic E-state index is 0. The third kappa shape index (κ3) is 4.13. The molecule has 0 aliphatic heterocycles. The molecule has 1 atom stereocenters. The Morgan fingerprint density at radius 3 is 2.44 bits per heavy atom. The van der Waals surface area contributed by atoms with Crippen LogP contribution in [0.25, 0.3) is 0 Å². The van der Waals surface area contributed by atoms with Gasteiger partial charge in [-0.2, -0.15) is 0 Å². The fourth-order valence-electron chi connectivity index (χ4n) is 3.11. The fourth-order valence-corrected chi connectivity index (χ4v) is 3.11. The van der Waals surface area contributed by atoms with E-state index >= 15 is 0 Å². The number of hydrogen-bond acceptors (Lipinski definition) is 2. The highest BCUT2D eigenvalue weighted by Crippen LogP contribution is 2.38. The number of halogens is 1. The molecule has 0 aromatic heterocycles. The quantitative estimate of drug-likeness (QED) is 0.810. The lowest BCUT2D eigenvalue weighted by atomic mass is 9.71. The highest BCUT2D eigenvalue weighted by atomic mass is 35.5. The maximum absolute atomic E-state index is 12.1. The van der Waals surface area contributed by atoms with E-state index < -0.39 is 0 Å². The van der Waals surface area contributed by atoms with Gasteiger partial charge in [0, 0.05) is 12.5 Å². The zero-order valence-electron chi connectivity index (χ0n) is 11.4. The first-order valence-electron chi connectivity index (χ1n) is 7.15. The number of rotatable bonds is 5. The van der Waals surface area contributed by atoms with Gasteiger partial charge in [0.1, 0.15) is 0 Å². The topological polar surface area (TPSA) is 55.1 Å². The summed E-state index contributed by atoms with van der Waals surface area (Å²) in [7, 11) is 0. The summed E-state index contributed by atoms with van der Waals surface area (Å²) in [5.74, 6) is 0.955. The molecule has 0 bridgehead atoms. The van der Waals surface area contributed by atoms with Crippen LogP contribution in [0.15, 0.2) is 0 Å². The Balaban J connectivity index is 0.00000162. The molecule has 4 heteroatoms. The van der Waals surface area contributed by atoms with E-state index in [4.69, 9.17) is 5.73 Å². The van der Waals surface area contributed by atoms with Crippen molar-refractivity contribution in [2.75, 3.05) is 6.54 Å². The Labute approximate surface area is 117 Å². The Kier molecular flexibility index (Phi) is 5.93. The molecule has 2 fully saturated rings. The first kappa shape index (κ1) is 15.8. The lowest BCUT2D eigenvalue weighted by Gasteiger charge is -2.36. The third-order valence-electron chi connectivity index (χ3n) is 4.60. The van der Waals surface area contributed by atoms with Crippen molar-refractivity contribution in [3.8, 4) is 0 Å². The predicted molar refractivity (Wildman–Crippen MR) is 76.8 cm³/mol. The van der Waals surface area contributed by atoms with E-state index in [1.165, 1.54) is 32.1 Å². The van der Waals surface area contributed by atoms with Gasteiger partial charge in [-0.05, 0) is 50.5 Å². The molecule has 0 heterocycles. The minimum Gasteiger partial charge on any atom is -0.353 e. The highest BCUT2D eigenvalue weighted by molar-refractivity contribution is 5.85. The van der Waals surface area contributed by atoms with Crippen molar-refractivity contribution in [2.45, 2.75) is 64.3 Å². The van der Waals surface area contributed by atoms with Gasteiger partial charge in [0.05, 0.1) is 0 Å². The van der Waals surface area contributed by atoms with Crippen LogP contribution in [-0.4, -0.2) is 18.5 Å². The Morgan fingerprint density at radius 2 is 1.94 bits per heavy atom. The average molecular weight is 275 g/mol. The Morgan fingerprint density at radius 1 is 1.33 bits per heavy atom. The van der Waals surface area contributed by atoms with Gasteiger partial charge in [-0.1, -0.05) is 19.3 Å². The molecule has 1 amide bonds. The SMILES string of the molecule is CC(NC(=O)CC1(CN)CCCCC1)C1CC1.Cl. The normalized spacial score (nSPS) is 23.9. The number of amides is 1. The van der Waals surface area contributed by atoms with Gasteiger partial charge in [-0.25, -0.2) is 0 Å². The fraction of sp³-hybridized carbons (Fsp3) is 0.929. The second kappa shape index (κ2) is 6.76. The molecule has 0 spiro atoms. The summed E-state index contributed by atoms with van der Waals surface area (Å²) in [4.78, 5) is 12.1. The molecule has 3 N–H and O–H groups in total. The second-order valence-electron chi connectivity index (χ2n) is 6.14. The Hall–Kier alpha value is -0.280. The smallest absolute Gasteiger partial charge is 0.220 e. The number of carbonyl (C=O) groups is 1. The Bertz CT molecular complexity index is 273. The molecule has 106 valence electrons. The molecule has 0 saturated heterocycles. The summed E-state index contributed by atoms with van der Waals surface area (Å²) in [6.45, 7) is 2.80. The molecule has 2 saturated carbocycles. The van der Waals surface area contributed by atoms with Gasteiger partial charge in [-0.15, -0.1) is 12.4 Å². The number of nitrogens with two attached hydrogens (primary N) is 1. The maximum atomic E-state index is 12.1. The standard InChI is InChI=1S/C14H26N2O.ClH/c1-11(12-5-6-12)16-13(17)9-14(10-15)7-3-2-4-8-14;/h11-12H,2-10,15H2,1H3,(H,16,17);1H. The van der Waals surface area contributed by atoms with Gasteiger partial charge < -0.3 is 11.1 Å².